The van der Waals surface area contributed by atoms with Crippen molar-refractivity contribution in [3.05, 3.63) is 0 Å². The highest BCUT2D eigenvalue weighted by Gasteiger charge is 2.10. The topological polar surface area (TPSA) is 55.1 Å². The molecular formula is C10H22N2OS. The number of thioether (sulfide) groups is 1. The van der Waals surface area contributed by atoms with E-state index in [0.29, 0.717) is 0 Å². The molecule has 0 rings (SSSR count). The lowest BCUT2D eigenvalue weighted by Crippen LogP contribution is -2.40. The number of carbonyl (C=O) groups is 1. The van der Waals surface area contributed by atoms with Crippen LogP contribution < -0.4 is 11.1 Å². The van der Waals surface area contributed by atoms with Gasteiger partial charge in [-0.05, 0) is 31.3 Å². The van der Waals surface area contributed by atoms with Gasteiger partial charge in [0, 0.05) is 6.54 Å². The molecule has 0 radical (unpaired) electrons. The summed E-state index contributed by atoms with van der Waals surface area (Å²) in [5.74, 6) is 1.16. The number of nitrogens with two attached hydrogens (primary N) is 1. The maximum atomic E-state index is 11.3. The lowest BCUT2D eigenvalue weighted by atomic mass is 10.1. The van der Waals surface area contributed by atoms with Gasteiger partial charge in [0.2, 0.25) is 5.91 Å². The smallest absolute Gasteiger partial charge is 0.236 e. The predicted molar refractivity (Wildman–Crippen MR) is 63.5 cm³/mol. The summed E-state index contributed by atoms with van der Waals surface area (Å²) >= 11 is 1.84. The molecule has 1 amide bonds. The van der Waals surface area contributed by atoms with Gasteiger partial charge in [-0.3, -0.25) is 4.79 Å². The van der Waals surface area contributed by atoms with Crippen LogP contribution in [0.5, 0.6) is 0 Å². The molecule has 0 spiro atoms. The third-order valence-electron chi connectivity index (χ3n) is 2.01. The molecule has 0 saturated carbocycles. The fourth-order valence-electron chi connectivity index (χ4n) is 1.16. The largest absolute Gasteiger partial charge is 0.355 e. The maximum Gasteiger partial charge on any atom is 0.236 e. The molecule has 0 bridgehead atoms. The molecule has 0 saturated heterocycles. The standard InChI is InChI=1S/C10H22N2OS/c1-3-6-9(11)10(13)12-7-4-5-8-14-2/h9H,3-8,11H2,1-2H3,(H,12,13). The van der Waals surface area contributed by atoms with Crippen LogP contribution in [-0.4, -0.2) is 30.5 Å². The summed E-state index contributed by atoms with van der Waals surface area (Å²) in [6.07, 6.45) is 6.03. The molecule has 4 heteroatoms. The van der Waals surface area contributed by atoms with Gasteiger partial charge in [0.05, 0.1) is 6.04 Å². The summed E-state index contributed by atoms with van der Waals surface area (Å²) in [5, 5.41) is 2.85. The van der Waals surface area contributed by atoms with Crippen LogP contribution in [0.1, 0.15) is 32.6 Å². The van der Waals surface area contributed by atoms with Gasteiger partial charge in [-0.15, -0.1) is 0 Å². The van der Waals surface area contributed by atoms with Crippen molar-refractivity contribution < 1.29 is 4.79 Å². The number of carbonyl (C=O) groups excluding carboxylic acids is 1. The molecule has 14 heavy (non-hydrogen) atoms. The van der Waals surface area contributed by atoms with Gasteiger partial charge in [-0.2, -0.15) is 11.8 Å². The minimum absolute atomic E-state index is 0.00370. The van der Waals surface area contributed by atoms with Crippen LogP contribution in [0.25, 0.3) is 0 Å². The molecule has 1 atom stereocenters. The van der Waals surface area contributed by atoms with E-state index in [1.165, 1.54) is 0 Å². The molecule has 1 unspecified atom stereocenters. The van der Waals surface area contributed by atoms with Crippen molar-refractivity contribution >= 4 is 17.7 Å². The molecule has 3 N–H and O–H groups in total. The third kappa shape index (κ3) is 7.21. The van der Waals surface area contributed by atoms with Crippen molar-refractivity contribution in [3.8, 4) is 0 Å². The highest BCUT2D eigenvalue weighted by molar-refractivity contribution is 7.98. The van der Waals surface area contributed by atoms with Crippen molar-refractivity contribution in [2.24, 2.45) is 5.73 Å². The average molecular weight is 218 g/mol. The summed E-state index contributed by atoms with van der Waals surface area (Å²) in [5.41, 5.74) is 5.65. The van der Waals surface area contributed by atoms with Crippen molar-refractivity contribution in [2.45, 2.75) is 38.6 Å². The highest BCUT2D eigenvalue weighted by Crippen LogP contribution is 1.98. The van der Waals surface area contributed by atoms with Crippen LogP contribution >= 0.6 is 11.8 Å². The predicted octanol–water partition coefficient (Wildman–Crippen LogP) is 1.37. The fourth-order valence-corrected chi connectivity index (χ4v) is 1.65. The maximum absolute atomic E-state index is 11.3. The monoisotopic (exact) mass is 218 g/mol. The zero-order valence-corrected chi connectivity index (χ0v) is 10.0. The molecule has 0 aliphatic heterocycles. The van der Waals surface area contributed by atoms with Gasteiger partial charge in [0.15, 0.2) is 0 Å². The summed E-state index contributed by atoms with van der Waals surface area (Å²) in [7, 11) is 0. The lowest BCUT2D eigenvalue weighted by molar-refractivity contribution is -0.122. The summed E-state index contributed by atoms with van der Waals surface area (Å²) in [6, 6.07) is -0.319. The molecule has 3 nitrogen and oxygen atoms in total. The van der Waals surface area contributed by atoms with Crippen LogP contribution in [0.4, 0.5) is 0 Å². The average Bonchev–Trinajstić information content (AvgIpc) is 2.17. The van der Waals surface area contributed by atoms with Crippen molar-refractivity contribution in [1.82, 2.24) is 5.32 Å². The second-order valence-corrected chi connectivity index (χ2v) is 4.37. The van der Waals surface area contributed by atoms with E-state index < -0.39 is 0 Å². The Hall–Kier alpha value is -0.220. The van der Waals surface area contributed by atoms with E-state index in [1.807, 2.05) is 18.7 Å². The molecule has 0 heterocycles. The van der Waals surface area contributed by atoms with E-state index in [-0.39, 0.29) is 11.9 Å². The molecule has 84 valence electrons. The van der Waals surface area contributed by atoms with Gasteiger partial charge >= 0.3 is 0 Å². The summed E-state index contributed by atoms with van der Waals surface area (Å²) in [4.78, 5) is 11.3. The Morgan fingerprint density at radius 2 is 2.21 bits per heavy atom. The zero-order valence-electron chi connectivity index (χ0n) is 9.21. The quantitative estimate of drug-likeness (QED) is 0.605. The number of hydrogen-bond acceptors (Lipinski definition) is 3. The minimum Gasteiger partial charge on any atom is -0.355 e. The zero-order chi connectivity index (χ0) is 10.8. The number of hydrogen-bond donors (Lipinski definition) is 2. The third-order valence-corrected chi connectivity index (χ3v) is 2.71. The molecule has 0 aromatic heterocycles. The second kappa shape index (κ2) is 9.34. The SMILES string of the molecule is CCCC(N)C(=O)NCCCCSC. The van der Waals surface area contributed by atoms with E-state index in [2.05, 4.69) is 11.6 Å². The van der Waals surface area contributed by atoms with Crippen LogP contribution in [0.3, 0.4) is 0 Å². The van der Waals surface area contributed by atoms with E-state index in [4.69, 9.17) is 5.73 Å². The number of nitrogens with one attached hydrogen (secondary N) is 1. The van der Waals surface area contributed by atoms with E-state index in [9.17, 15) is 4.79 Å². The van der Waals surface area contributed by atoms with Gasteiger partial charge < -0.3 is 11.1 Å². The Labute approximate surface area is 91.2 Å². The van der Waals surface area contributed by atoms with E-state index in [1.54, 1.807) is 0 Å². The molecule has 0 aliphatic carbocycles. The van der Waals surface area contributed by atoms with E-state index >= 15 is 0 Å². The Bertz CT molecular complexity index is 153. The fraction of sp³-hybridized carbons (Fsp3) is 0.900. The van der Waals surface area contributed by atoms with E-state index in [0.717, 1.165) is 38.0 Å². The molecular weight excluding hydrogens is 196 g/mol. The normalized spacial score (nSPS) is 12.5. The van der Waals surface area contributed by atoms with Gasteiger partial charge in [-0.1, -0.05) is 13.3 Å². The summed E-state index contributed by atoms with van der Waals surface area (Å²) in [6.45, 7) is 2.79. The summed E-state index contributed by atoms with van der Waals surface area (Å²) < 4.78 is 0. The van der Waals surface area contributed by atoms with Crippen molar-refractivity contribution in [2.75, 3.05) is 18.6 Å². The molecule has 0 aromatic rings. The van der Waals surface area contributed by atoms with Crippen LogP contribution in [0.2, 0.25) is 0 Å². The number of unbranched alkanes of at least 4 members (excludes halogenated alkanes) is 1. The first-order chi connectivity index (χ1) is 6.72. The van der Waals surface area contributed by atoms with Crippen molar-refractivity contribution in [1.29, 1.82) is 0 Å². The highest BCUT2D eigenvalue weighted by atomic mass is 32.2. The number of amides is 1. The minimum atomic E-state index is -0.319. The van der Waals surface area contributed by atoms with Gasteiger partial charge in [-0.25, -0.2) is 0 Å². The Morgan fingerprint density at radius 1 is 1.50 bits per heavy atom. The number of rotatable bonds is 8. The Morgan fingerprint density at radius 3 is 2.79 bits per heavy atom. The first-order valence-electron chi connectivity index (χ1n) is 5.24. The molecule has 0 fully saturated rings. The molecule has 0 aliphatic rings. The molecule has 0 aromatic carbocycles. The Kier molecular flexibility index (Phi) is 9.19. The lowest BCUT2D eigenvalue weighted by Gasteiger charge is -2.10. The van der Waals surface area contributed by atoms with Gasteiger partial charge in [0.25, 0.3) is 0 Å². The Balaban J connectivity index is 3.34. The van der Waals surface area contributed by atoms with Crippen molar-refractivity contribution in [3.63, 3.8) is 0 Å². The van der Waals surface area contributed by atoms with Crippen LogP contribution in [0, 0.1) is 0 Å². The first kappa shape index (κ1) is 13.8. The second-order valence-electron chi connectivity index (χ2n) is 3.39. The van der Waals surface area contributed by atoms with Gasteiger partial charge in [0.1, 0.15) is 0 Å². The first-order valence-corrected chi connectivity index (χ1v) is 6.64. The van der Waals surface area contributed by atoms with Crippen LogP contribution in [0.15, 0.2) is 0 Å². The van der Waals surface area contributed by atoms with Crippen LogP contribution in [-0.2, 0) is 4.79 Å².